The predicted molar refractivity (Wildman–Crippen MR) is 87.4 cm³/mol. The Morgan fingerprint density at radius 2 is 2.14 bits per heavy atom. The molecule has 0 spiro atoms. The highest BCUT2D eigenvalue weighted by Crippen LogP contribution is 2.29. The third-order valence-electron chi connectivity index (χ3n) is 3.69. The van der Waals surface area contributed by atoms with Gasteiger partial charge in [-0.3, -0.25) is 4.79 Å². The molecule has 1 aliphatic rings. The van der Waals surface area contributed by atoms with Gasteiger partial charge in [-0.25, -0.2) is 0 Å². The third kappa shape index (κ3) is 3.28. The highest BCUT2D eigenvalue weighted by Gasteiger charge is 2.22. The van der Waals surface area contributed by atoms with E-state index in [0.29, 0.717) is 0 Å². The van der Waals surface area contributed by atoms with E-state index in [1.54, 1.807) is 7.11 Å². The van der Waals surface area contributed by atoms with Crippen molar-refractivity contribution in [2.45, 2.75) is 18.9 Å². The van der Waals surface area contributed by atoms with Gasteiger partial charge in [0.25, 0.3) is 0 Å². The predicted octanol–water partition coefficient (Wildman–Crippen LogP) is 2.96. The summed E-state index contributed by atoms with van der Waals surface area (Å²) in [4.78, 5) is 12.1. The molecule has 2 aromatic rings. The maximum atomic E-state index is 12.1. The fourth-order valence-corrected chi connectivity index (χ4v) is 2.65. The minimum absolute atomic E-state index is 0. The molecule has 2 aromatic carbocycles. The molecule has 1 fully saturated rings. The molecule has 0 saturated carbocycles. The van der Waals surface area contributed by atoms with Crippen molar-refractivity contribution in [3.8, 4) is 5.75 Å². The summed E-state index contributed by atoms with van der Waals surface area (Å²) in [5.74, 6) is 0.803. The molecule has 0 aromatic heterocycles. The first-order valence-corrected chi connectivity index (χ1v) is 6.89. The fraction of sp³-hybridized carbons (Fsp3) is 0.312. The Morgan fingerprint density at radius 3 is 2.86 bits per heavy atom. The lowest BCUT2D eigenvalue weighted by molar-refractivity contribution is -0.117. The summed E-state index contributed by atoms with van der Waals surface area (Å²) in [5, 5.41) is 8.27. The molecule has 0 aliphatic carbocycles. The minimum Gasteiger partial charge on any atom is -0.496 e. The van der Waals surface area contributed by atoms with E-state index in [-0.39, 0.29) is 24.4 Å². The third-order valence-corrected chi connectivity index (χ3v) is 3.69. The summed E-state index contributed by atoms with van der Waals surface area (Å²) in [6.07, 6.45) is 1.95. The molecular weight excluding hydrogens is 288 g/mol. The van der Waals surface area contributed by atoms with Crippen LogP contribution in [0.5, 0.6) is 5.75 Å². The van der Waals surface area contributed by atoms with Gasteiger partial charge in [-0.2, -0.15) is 0 Å². The zero-order chi connectivity index (χ0) is 13.9. The lowest BCUT2D eigenvalue weighted by atomic mass is 10.1. The van der Waals surface area contributed by atoms with Crippen LogP contribution in [-0.2, 0) is 4.79 Å². The van der Waals surface area contributed by atoms with Gasteiger partial charge in [-0.15, -0.1) is 12.4 Å². The maximum Gasteiger partial charge on any atom is 0.241 e. The average Bonchev–Trinajstić information content (AvgIpc) is 3.00. The van der Waals surface area contributed by atoms with Crippen LogP contribution >= 0.6 is 12.4 Å². The molecule has 1 atom stereocenters. The standard InChI is InChI=1S/C16H18N2O2.ClH/c1-20-15-10-12(9-11-5-2-3-6-13(11)15)18-16(19)14-7-4-8-17-14;/h2-3,5-6,9-10,14,17H,4,7-8H2,1H3,(H,18,19);1H/t14-;/m0./s1. The second-order valence-electron chi connectivity index (χ2n) is 5.04. The summed E-state index contributed by atoms with van der Waals surface area (Å²) in [7, 11) is 1.64. The summed E-state index contributed by atoms with van der Waals surface area (Å²) >= 11 is 0. The van der Waals surface area contributed by atoms with Gasteiger partial charge in [0.15, 0.2) is 0 Å². The maximum absolute atomic E-state index is 12.1. The van der Waals surface area contributed by atoms with Crippen molar-refractivity contribution in [2.75, 3.05) is 19.0 Å². The molecule has 5 heteroatoms. The largest absolute Gasteiger partial charge is 0.496 e. The van der Waals surface area contributed by atoms with Crippen LogP contribution in [-0.4, -0.2) is 25.6 Å². The molecule has 112 valence electrons. The number of rotatable bonds is 3. The molecule has 4 nitrogen and oxygen atoms in total. The lowest BCUT2D eigenvalue weighted by Crippen LogP contribution is -2.35. The number of nitrogens with one attached hydrogen (secondary N) is 2. The molecular formula is C16H19ClN2O2. The number of ether oxygens (including phenoxy) is 1. The van der Waals surface area contributed by atoms with E-state index in [1.165, 1.54) is 0 Å². The molecule has 1 amide bonds. The topological polar surface area (TPSA) is 50.4 Å². The van der Waals surface area contributed by atoms with Gasteiger partial charge in [0.05, 0.1) is 13.2 Å². The minimum atomic E-state index is -0.0764. The number of benzene rings is 2. The summed E-state index contributed by atoms with van der Waals surface area (Å²) in [5.41, 5.74) is 0.777. The van der Waals surface area contributed by atoms with Crippen LogP contribution in [0.4, 0.5) is 5.69 Å². The number of carbonyl (C=O) groups is 1. The molecule has 3 rings (SSSR count). The van der Waals surface area contributed by atoms with E-state index in [1.807, 2.05) is 36.4 Å². The fourth-order valence-electron chi connectivity index (χ4n) is 2.65. The van der Waals surface area contributed by atoms with Crippen LogP contribution < -0.4 is 15.4 Å². The first-order valence-electron chi connectivity index (χ1n) is 6.89. The number of hydrogen-bond acceptors (Lipinski definition) is 3. The van der Waals surface area contributed by atoms with Crippen LogP contribution in [0.2, 0.25) is 0 Å². The van der Waals surface area contributed by atoms with Crippen molar-refractivity contribution in [3.05, 3.63) is 36.4 Å². The Hall–Kier alpha value is -1.78. The van der Waals surface area contributed by atoms with Crippen molar-refractivity contribution >= 4 is 34.8 Å². The van der Waals surface area contributed by atoms with Crippen molar-refractivity contribution in [2.24, 2.45) is 0 Å². The molecule has 2 N–H and O–H groups in total. The van der Waals surface area contributed by atoms with Gasteiger partial charge < -0.3 is 15.4 Å². The molecule has 0 radical (unpaired) electrons. The summed E-state index contributed by atoms with van der Waals surface area (Å²) in [6, 6.07) is 11.8. The average molecular weight is 307 g/mol. The summed E-state index contributed by atoms with van der Waals surface area (Å²) < 4.78 is 5.41. The number of methoxy groups -OCH3 is 1. The van der Waals surface area contributed by atoms with Crippen LogP contribution in [0.3, 0.4) is 0 Å². The Kier molecular flexibility index (Phi) is 5.04. The van der Waals surface area contributed by atoms with Crippen LogP contribution in [0.15, 0.2) is 36.4 Å². The normalized spacial score (nSPS) is 17.3. The van der Waals surface area contributed by atoms with Gasteiger partial charge in [-0.05, 0) is 30.8 Å². The number of carbonyl (C=O) groups excluding carboxylic acids is 1. The summed E-state index contributed by atoms with van der Waals surface area (Å²) in [6.45, 7) is 0.916. The monoisotopic (exact) mass is 306 g/mol. The van der Waals surface area contributed by atoms with Crippen molar-refractivity contribution in [1.82, 2.24) is 5.32 Å². The Balaban J connectivity index is 0.00000161. The first-order chi connectivity index (χ1) is 9.78. The number of hydrogen-bond donors (Lipinski definition) is 2. The smallest absolute Gasteiger partial charge is 0.241 e. The number of halogens is 1. The van der Waals surface area contributed by atoms with E-state index < -0.39 is 0 Å². The van der Waals surface area contributed by atoms with Crippen molar-refractivity contribution in [1.29, 1.82) is 0 Å². The van der Waals surface area contributed by atoms with E-state index in [4.69, 9.17) is 4.74 Å². The first kappa shape index (κ1) is 15.6. The molecule has 0 unspecified atom stereocenters. The van der Waals surface area contributed by atoms with E-state index in [2.05, 4.69) is 10.6 Å². The molecule has 0 bridgehead atoms. The second kappa shape index (κ2) is 6.78. The van der Waals surface area contributed by atoms with Gasteiger partial charge in [0.1, 0.15) is 5.75 Å². The number of fused-ring (bicyclic) bond motifs is 1. The van der Waals surface area contributed by atoms with Crippen LogP contribution in [0, 0.1) is 0 Å². The molecule has 1 saturated heterocycles. The number of amides is 1. The zero-order valence-electron chi connectivity index (χ0n) is 11.9. The van der Waals surface area contributed by atoms with Crippen molar-refractivity contribution in [3.63, 3.8) is 0 Å². The Labute approximate surface area is 130 Å². The van der Waals surface area contributed by atoms with Gasteiger partial charge in [0.2, 0.25) is 5.91 Å². The highest BCUT2D eigenvalue weighted by atomic mass is 35.5. The zero-order valence-corrected chi connectivity index (χ0v) is 12.7. The Morgan fingerprint density at radius 1 is 1.33 bits per heavy atom. The highest BCUT2D eigenvalue weighted by molar-refractivity contribution is 5.99. The molecule has 1 aliphatic heterocycles. The lowest BCUT2D eigenvalue weighted by Gasteiger charge is -2.13. The molecule has 1 heterocycles. The van der Waals surface area contributed by atoms with Crippen molar-refractivity contribution < 1.29 is 9.53 Å². The van der Waals surface area contributed by atoms with E-state index >= 15 is 0 Å². The number of anilines is 1. The van der Waals surface area contributed by atoms with E-state index in [0.717, 1.165) is 41.6 Å². The Bertz CT molecular complexity index is 639. The van der Waals surface area contributed by atoms with Gasteiger partial charge in [-0.1, -0.05) is 24.3 Å². The molecule has 21 heavy (non-hydrogen) atoms. The quantitative estimate of drug-likeness (QED) is 0.916. The van der Waals surface area contributed by atoms with Crippen LogP contribution in [0.25, 0.3) is 10.8 Å². The SMILES string of the molecule is COc1cc(NC(=O)[C@@H]2CCCN2)cc2ccccc12.Cl. The van der Waals surface area contributed by atoms with Gasteiger partial charge in [0, 0.05) is 17.1 Å². The second-order valence-corrected chi connectivity index (χ2v) is 5.04. The van der Waals surface area contributed by atoms with E-state index in [9.17, 15) is 4.79 Å². The van der Waals surface area contributed by atoms with Gasteiger partial charge >= 0.3 is 0 Å². The van der Waals surface area contributed by atoms with Crippen LogP contribution in [0.1, 0.15) is 12.8 Å².